The third-order valence-electron chi connectivity index (χ3n) is 6.66. The van der Waals surface area contributed by atoms with E-state index in [1.165, 1.54) is 0 Å². The van der Waals surface area contributed by atoms with Gasteiger partial charge in [-0.3, -0.25) is 29.4 Å². The first-order valence-electron chi connectivity index (χ1n) is 11.2. The number of rotatable bonds is 6. The lowest BCUT2D eigenvalue weighted by molar-refractivity contribution is -0.136. The lowest BCUT2D eigenvalue weighted by Gasteiger charge is -2.34. The number of hydrogen-bond acceptors (Lipinski definition) is 6. The number of carbonyl (C=O) groups is 4. The van der Waals surface area contributed by atoms with Crippen molar-refractivity contribution >= 4 is 23.6 Å². The topological polar surface area (TPSA) is 108 Å². The van der Waals surface area contributed by atoms with E-state index in [0.717, 1.165) is 36.4 Å². The van der Waals surface area contributed by atoms with Crippen LogP contribution in [-0.4, -0.2) is 53.7 Å². The molecular formula is C23H30N4O4. The zero-order valence-corrected chi connectivity index (χ0v) is 18.1. The van der Waals surface area contributed by atoms with Crippen LogP contribution in [0.3, 0.4) is 0 Å². The minimum absolute atomic E-state index is 0.117. The van der Waals surface area contributed by atoms with E-state index in [2.05, 4.69) is 29.8 Å². The lowest BCUT2D eigenvalue weighted by atomic mass is 9.84. The molecule has 166 valence electrons. The van der Waals surface area contributed by atoms with Crippen LogP contribution in [0.2, 0.25) is 0 Å². The lowest BCUT2D eigenvalue weighted by Crippen LogP contribution is -2.54. The number of hydrogen-bond donors (Lipinski definition) is 3. The first-order chi connectivity index (χ1) is 14.9. The largest absolute Gasteiger partial charge is 0.317 e. The molecule has 2 atom stereocenters. The number of nitrogens with zero attached hydrogens (tertiary/aromatic N) is 1. The van der Waals surface area contributed by atoms with Gasteiger partial charge in [0.05, 0.1) is 11.1 Å². The van der Waals surface area contributed by atoms with Crippen LogP contribution in [0.4, 0.5) is 0 Å². The third kappa shape index (κ3) is 4.27. The van der Waals surface area contributed by atoms with Gasteiger partial charge in [-0.25, -0.2) is 0 Å². The summed E-state index contributed by atoms with van der Waals surface area (Å²) in [5, 5.41) is 9.30. The highest BCUT2D eigenvalue weighted by Gasteiger charge is 2.44. The van der Waals surface area contributed by atoms with Crippen LogP contribution in [0.25, 0.3) is 0 Å². The number of imide groups is 2. The van der Waals surface area contributed by atoms with Crippen LogP contribution >= 0.6 is 0 Å². The van der Waals surface area contributed by atoms with Gasteiger partial charge in [0, 0.05) is 19.0 Å². The first-order valence-corrected chi connectivity index (χ1v) is 11.2. The average Bonchev–Trinajstić information content (AvgIpc) is 2.99. The van der Waals surface area contributed by atoms with Crippen molar-refractivity contribution in [3.8, 4) is 0 Å². The van der Waals surface area contributed by atoms with Crippen molar-refractivity contribution in [2.24, 2.45) is 11.8 Å². The van der Waals surface area contributed by atoms with E-state index in [9.17, 15) is 19.2 Å². The summed E-state index contributed by atoms with van der Waals surface area (Å²) in [4.78, 5) is 50.4. The fourth-order valence-corrected chi connectivity index (χ4v) is 5.01. The number of carbonyl (C=O) groups excluding carboxylic acids is 4. The Bertz CT molecular complexity index is 907. The van der Waals surface area contributed by atoms with Crippen molar-refractivity contribution < 1.29 is 19.2 Å². The normalized spacial score (nSPS) is 23.3. The minimum Gasteiger partial charge on any atom is -0.317 e. The number of amides is 4. The Morgan fingerprint density at radius 3 is 2.42 bits per heavy atom. The molecule has 3 aliphatic rings. The van der Waals surface area contributed by atoms with Gasteiger partial charge in [-0.1, -0.05) is 19.9 Å². The zero-order valence-electron chi connectivity index (χ0n) is 18.1. The second-order valence-electron chi connectivity index (χ2n) is 9.07. The Labute approximate surface area is 182 Å². The van der Waals surface area contributed by atoms with Crippen molar-refractivity contribution in [2.75, 3.05) is 13.1 Å². The van der Waals surface area contributed by atoms with Gasteiger partial charge in [0.25, 0.3) is 11.8 Å². The molecule has 2 fully saturated rings. The first kappa shape index (κ1) is 21.6. The quantitative estimate of drug-likeness (QED) is 0.590. The summed E-state index contributed by atoms with van der Waals surface area (Å²) in [6.45, 7) is 7.15. The maximum Gasteiger partial charge on any atom is 0.262 e. The van der Waals surface area contributed by atoms with Crippen molar-refractivity contribution in [3.05, 3.63) is 34.9 Å². The van der Waals surface area contributed by atoms with Crippen LogP contribution < -0.4 is 16.0 Å². The maximum atomic E-state index is 13.0. The molecular weight excluding hydrogens is 396 g/mol. The minimum atomic E-state index is -0.933. The van der Waals surface area contributed by atoms with E-state index >= 15 is 0 Å². The standard InChI is InChI=1S/C23H30N4O4/c1-13(2)20(15-7-9-24-10-8-15)25-12-14-3-4-16-17(11-14)23(31)27(22(16)30)18-5-6-19(28)26-21(18)29/h3-4,11,13,15,18,20,24-25H,5-10,12H2,1-2H3,(H,26,28,29). The summed E-state index contributed by atoms with van der Waals surface area (Å²) >= 11 is 0. The summed E-state index contributed by atoms with van der Waals surface area (Å²) in [5.74, 6) is -0.793. The fraction of sp³-hybridized carbons (Fsp3) is 0.565. The highest BCUT2D eigenvalue weighted by molar-refractivity contribution is 6.23. The van der Waals surface area contributed by atoms with Crippen LogP contribution in [0.5, 0.6) is 0 Å². The second-order valence-corrected chi connectivity index (χ2v) is 9.07. The Balaban J connectivity index is 1.48. The van der Waals surface area contributed by atoms with Crippen LogP contribution in [-0.2, 0) is 16.1 Å². The van der Waals surface area contributed by atoms with Crippen molar-refractivity contribution in [1.82, 2.24) is 20.9 Å². The second kappa shape index (κ2) is 8.88. The molecule has 0 aromatic heterocycles. The summed E-state index contributed by atoms with van der Waals surface area (Å²) in [6, 6.07) is 4.75. The molecule has 0 radical (unpaired) electrons. The number of piperidine rings is 2. The van der Waals surface area contributed by atoms with Crippen molar-refractivity contribution in [1.29, 1.82) is 0 Å². The highest BCUT2D eigenvalue weighted by atomic mass is 16.2. The molecule has 31 heavy (non-hydrogen) atoms. The molecule has 3 aliphatic heterocycles. The van der Waals surface area contributed by atoms with Gasteiger partial charge in [0.1, 0.15) is 6.04 Å². The van der Waals surface area contributed by atoms with Gasteiger partial charge < -0.3 is 10.6 Å². The Hall–Kier alpha value is -2.58. The molecule has 4 amide bonds. The molecule has 3 heterocycles. The summed E-state index contributed by atoms with van der Waals surface area (Å²) in [7, 11) is 0. The Kier molecular flexibility index (Phi) is 6.20. The van der Waals surface area contributed by atoms with Crippen LogP contribution in [0.15, 0.2) is 18.2 Å². The van der Waals surface area contributed by atoms with Crippen molar-refractivity contribution in [2.45, 2.75) is 58.2 Å². The van der Waals surface area contributed by atoms with Gasteiger partial charge >= 0.3 is 0 Å². The number of benzene rings is 1. The molecule has 2 unspecified atom stereocenters. The summed E-state index contributed by atoms with van der Waals surface area (Å²) < 4.78 is 0. The zero-order chi connectivity index (χ0) is 22.1. The SMILES string of the molecule is CC(C)C(NCc1ccc2c(c1)C(=O)N(C1CCC(=O)NC1=O)C2=O)C1CCNCC1. The van der Waals surface area contributed by atoms with Crippen LogP contribution in [0, 0.1) is 11.8 Å². The predicted molar refractivity (Wildman–Crippen MR) is 114 cm³/mol. The molecule has 4 rings (SSSR count). The fourth-order valence-electron chi connectivity index (χ4n) is 5.01. The molecule has 8 heteroatoms. The van der Waals surface area contributed by atoms with Gasteiger partial charge in [-0.2, -0.15) is 0 Å². The molecule has 1 aromatic rings. The molecule has 0 spiro atoms. The van der Waals surface area contributed by atoms with E-state index in [1.54, 1.807) is 12.1 Å². The molecule has 2 saturated heterocycles. The molecule has 1 aromatic carbocycles. The maximum absolute atomic E-state index is 13.0. The molecule has 8 nitrogen and oxygen atoms in total. The molecule has 0 saturated carbocycles. The van der Waals surface area contributed by atoms with Gasteiger partial charge in [-0.15, -0.1) is 0 Å². The third-order valence-corrected chi connectivity index (χ3v) is 6.66. The number of fused-ring (bicyclic) bond motifs is 1. The van der Waals surface area contributed by atoms with E-state index < -0.39 is 23.8 Å². The van der Waals surface area contributed by atoms with E-state index in [1.807, 2.05) is 6.07 Å². The van der Waals surface area contributed by atoms with Crippen LogP contribution in [0.1, 0.15) is 65.8 Å². The Morgan fingerprint density at radius 1 is 1.03 bits per heavy atom. The number of nitrogens with one attached hydrogen (secondary N) is 3. The highest BCUT2D eigenvalue weighted by Crippen LogP contribution is 2.29. The monoisotopic (exact) mass is 426 g/mol. The van der Waals surface area contributed by atoms with Gasteiger partial charge in [-0.05, 0) is 61.9 Å². The smallest absolute Gasteiger partial charge is 0.262 e. The van der Waals surface area contributed by atoms with Gasteiger partial charge in [0.15, 0.2) is 0 Å². The van der Waals surface area contributed by atoms with Gasteiger partial charge in [0.2, 0.25) is 11.8 Å². The molecule has 0 aliphatic carbocycles. The Morgan fingerprint density at radius 2 is 1.74 bits per heavy atom. The predicted octanol–water partition coefficient (Wildman–Crippen LogP) is 1.20. The average molecular weight is 427 g/mol. The van der Waals surface area contributed by atoms with E-state index in [-0.39, 0.29) is 18.7 Å². The van der Waals surface area contributed by atoms with E-state index in [0.29, 0.717) is 35.5 Å². The molecule has 0 bridgehead atoms. The van der Waals surface area contributed by atoms with Crippen molar-refractivity contribution in [3.63, 3.8) is 0 Å². The van der Waals surface area contributed by atoms with E-state index in [4.69, 9.17) is 0 Å². The summed E-state index contributed by atoms with van der Waals surface area (Å²) in [5.41, 5.74) is 1.58. The summed E-state index contributed by atoms with van der Waals surface area (Å²) in [6.07, 6.45) is 2.57. The molecule has 3 N–H and O–H groups in total.